The maximum atomic E-state index is 12.8. The third kappa shape index (κ3) is 2.99. The summed E-state index contributed by atoms with van der Waals surface area (Å²) in [4.78, 5) is 29.8. The molecule has 3 aromatic rings. The molecular weight excluding hydrogens is 396 g/mol. The van der Waals surface area contributed by atoms with Crippen LogP contribution in [0.1, 0.15) is 31.8 Å². The van der Waals surface area contributed by atoms with Crippen molar-refractivity contribution in [3.63, 3.8) is 0 Å². The van der Waals surface area contributed by atoms with Crippen molar-refractivity contribution in [1.29, 1.82) is 0 Å². The van der Waals surface area contributed by atoms with E-state index in [4.69, 9.17) is 0 Å². The van der Waals surface area contributed by atoms with Gasteiger partial charge in [0.2, 0.25) is 0 Å². The summed E-state index contributed by atoms with van der Waals surface area (Å²) < 4.78 is 0. The number of rotatable bonds is 3. The van der Waals surface area contributed by atoms with Crippen LogP contribution in [0.3, 0.4) is 0 Å². The van der Waals surface area contributed by atoms with Gasteiger partial charge in [-0.25, -0.2) is 0 Å². The summed E-state index contributed by atoms with van der Waals surface area (Å²) in [5, 5.41) is 0. The van der Waals surface area contributed by atoms with Crippen LogP contribution < -0.4 is 9.80 Å². The van der Waals surface area contributed by atoms with Crippen molar-refractivity contribution >= 4 is 28.5 Å². The van der Waals surface area contributed by atoms with E-state index in [1.807, 2.05) is 34.3 Å². The van der Waals surface area contributed by atoms with Crippen molar-refractivity contribution in [1.82, 2.24) is 0 Å². The van der Waals surface area contributed by atoms with Gasteiger partial charge in [-0.1, -0.05) is 42.5 Å². The zero-order chi connectivity index (χ0) is 22.6. The fourth-order valence-electron chi connectivity index (χ4n) is 4.45. The summed E-state index contributed by atoms with van der Waals surface area (Å²) in [5.74, 6) is -0.404. The fraction of sp³-hybridized carbons (Fsp3) is 0.143. The minimum absolute atomic E-state index is 0.202. The molecule has 0 atom stereocenters. The molecule has 0 radical (unpaired) electrons. The van der Waals surface area contributed by atoms with Crippen LogP contribution >= 0.6 is 0 Å². The smallest absolute Gasteiger partial charge is 0.197 e. The molecule has 0 fully saturated rings. The van der Waals surface area contributed by atoms with Crippen LogP contribution in [0.2, 0.25) is 0 Å². The van der Waals surface area contributed by atoms with E-state index in [1.165, 1.54) is 0 Å². The van der Waals surface area contributed by atoms with E-state index in [9.17, 15) is 9.59 Å². The summed E-state index contributed by atoms with van der Waals surface area (Å²) in [5.41, 5.74) is 9.00. The average molecular weight is 421 g/mol. The highest BCUT2D eigenvalue weighted by molar-refractivity contribution is 6.39. The number of allylic oxidation sites excluding steroid dienone is 3. The topological polar surface area (TPSA) is 40.6 Å². The molecule has 4 nitrogen and oxygen atoms in total. The summed E-state index contributed by atoms with van der Waals surface area (Å²) in [6, 6.07) is 19.9. The Balaban J connectivity index is 1.66. The number of carbonyl (C=O) groups excluding carboxylic acids is 2. The van der Waals surface area contributed by atoms with Gasteiger partial charge in [-0.15, -0.1) is 0 Å². The van der Waals surface area contributed by atoms with Gasteiger partial charge < -0.3 is 9.80 Å². The molecule has 0 unspecified atom stereocenters. The number of fused-ring (bicyclic) bond motifs is 4. The van der Waals surface area contributed by atoms with E-state index in [2.05, 4.69) is 46.2 Å². The molecule has 3 aromatic carbocycles. The molecule has 158 valence electrons. The molecule has 0 spiro atoms. The number of Topliss-reactive ketones (excluding diaryl/α,β-unsaturated/α-hetero) is 2. The van der Waals surface area contributed by atoms with Crippen LogP contribution in [0.5, 0.6) is 0 Å². The Morgan fingerprint density at radius 1 is 0.531 bits per heavy atom. The van der Waals surface area contributed by atoms with Crippen molar-refractivity contribution < 1.29 is 9.59 Å². The maximum Gasteiger partial charge on any atom is 0.197 e. The molecule has 0 amide bonds. The molecule has 32 heavy (non-hydrogen) atoms. The SMILES string of the molecule is CN(C)c1ccc2c(c1)-c1cc(N(C)C)ccc1C2=CC=C1C(=O)c2ccccc2C1=O. The minimum Gasteiger partial charge on any atom is -0.378 e. The lowest BCUT2D eigenvalue weighted by molar-refractivity contribution is 0.0989. The van der Waals surface area contributed by atoms with Gasteiger partial charge in [0.1, 0.15) is 0 Å². The first-order valence-corrected chi connectivity index (χ1v) is 10.6. The molecule has 0 heterocycles. The third-order valence-electron chi connectivity index (χ3n) is 6.23. The van der Waals surface area contributed by atoms with E-state index in [0.29, 0.717) is 11.1 Å². The third-order valence-corrected chi connectivity index (χ3v) is 6.23. The standard InChI is InChI=1S/C28H24N2O2/c1-29(2)17-9-11-20-19(21-12-10-18(30(3)4)16-26(21)25(20)15-17)13-14-24-27(31)22-7-5-6-8-23(22)28(24)32/h5-16H,1-4H3. The molecular formula is C28H24N2O2. The zero-order valence-electron chi connectivity index (χ0n) is 18.6. The molecule has 5 rings (SSSR count). The van der Waals surface area contributed by atoms with Gasteiger partial charge in [-0.05, 0) is 58.2 Å². The van der Waals surface area contributed by atoms with Crippen LogP contribution in [0.4, 0.5) is 11.4 Å². The average Bonchev–Trinajstić information content (AvgIpc) is 3.23. The Bertz CT molecular complexity index is 1260. The highest BCUT2D eigenvalue weighted by Crippen LogP contribution is 2.47. The molecule has 0 aliphatic heterocycles. The second kappa shape index (κ2) is 7.34. The van der Waals surface area contributed by atoms with Crippen LogP contribution in [0, 0.1) is 0 Å². The lowest BCUT2D eigenvalue weighted by Gasteiger charge is -2.15. The van der Waals surface area contributed by atoms with Gasteiger partial charge >= 0.3 is 0 Å². The summed E-state index contributed by atoms with van der Waals surface area (Å²) in [6.45, 7) is 0. The Morgan fingerprint density at radius 3 is 1.41 bits per heavy atom. The van der Waals surface area contributed by atoms with Crippen molar-refractivity contribution in [3.8, 4) is 11.1 Å². The van der Waals surface area contributed by atoms with E-state index >= 15 is 0 Å². The van der Waals surface area contributed by atoms with E-state index < -0.39 is 0 Å². The molecule has 2 aliphatic carbocycles. The number of benzene rings is 3. The highest BCUT2D eigenvalue weighted by atomic mass is 16.2. The number of hydrogen-bond donors (Lipinski definition) is 0. The van der Waals surface area contributed by atoms with Gasteiger partial charge in [0.25, 0.3) is 0 Å². The zero-order valence-corrected chi connectivity index (χ0v) is 18.6. The fourth-order valence-corrected chi connectivity index (χ4v) is 4.45. The van der Waals surface area contributed by atoms with E-state index in [0.717, 1.165) is 39.2 Å². The lowest BCUT2D eigenvalue weighted by Crippen LogP contribution is -2.09. The first-order chi connectivity index (χ1) is 15.4. The molecule has 0 bridgehead atoms. The van der Waals surface area contributed by atoms with Crippen LogP contribution in [-0.4, -0.2) is 39.8 Å². The molecule has 0 N–H and O–H groups in total. The molecule has 0 saturated heterocycles. The van der Waals surface area contributed by atoms with Gasteiger partial charge in [0, 0.05) is 50.7 Å². The number of ketones is 2. The first kappa shape index (κ1) is 20.0. The van der Waals surface area contributed by atoms with Crippen LogP contribution in [-0.2, 0) is 0 Å². The minimum atomic E-state index is -0.202. The molecule has 2 aliphatic rings. The van der Waals surface area contributed by atoms with Crippen LogP contribution in [0.15, 0.2) is 78.4 Å². The van der Waals surface area contributed by atoms with Gasteiger partial charge in [-0.2, -0.15) is 0 Å². The number of nitrogens with zero attached hydrogens (tertiary/aromatic N) is 2. The predicted octanol–water partition coefficient (Wildman–Crippen LogP) is 5.24. The summed E-state index contributed by atoms with van der Waals surface area (Å²) in [7, 11) is 8.13. The Hall–Kier alpha value is -3.92. The second-order valence-corrected chi connectivity index (χ2v) is 8.61. The van der Waals surface area contributed by atoms with Crippen molar-refractivity contribution in [2.75, 3.05) is 38.0 Å². The first-order valence-electron chi connectivity index (χ1n) is 10.6. The lowest BCUT2D eigenvalue weighted by atomic mass is 10.0. The molecule has 4 heteroatoms. The van der Waals surface area contributed by atoms with Crippen molar-refractivity contribution in [3.05, 3.63) is 101 Å². The Morgan fingerprint density at radius 2 is 0.969 bits per heavy atom. The van der Waals surface area contributed by atoms with Gasteiger partial charge in [-0.3, -0.25) is 9.59 Å². The number of carbonyl (C=O) groups is 2. The van der Waals surface area contributed by atoms with Crippen molar-refractivity contribution in [2.24, 2.45) is 0 Å². The summed E-state index contributed by atoms with van der Waals surface area (Å²) >= 11 is 0. The monoisotopic (exact) mass is 420 g/mol. The van der Waals surface area contributed by atoms with Crippen molar-refractivity contribution in [2.45, 2.75) is 0 Å². The largest absolute Gasteiger partial charge is 0.378 e. The highest BCUT2D eigenvalue weighted by Gasteiger charge is 2.32. The Kier molecular flexibility index (Phi) is 4.59. The molecule has 0 aromatic heterocycles. The predicted molar refractivity (Wildman–Crippen MR) is 131 cm³/mol. The van der Waals surface area contributed by atoms with Gasteiger partial charge in [0.15, 0.2) is 11.6 Å². The van der Waals surface area contributed by atoms with E-state index in [-0.39, 0.29) is 17.1 Å². The second-order valence-electron chi connectivity index (χ2n) is 8.61. The number of hydrogen-bond acceptors (Lipinski definition) is 4. The normalized spacial score (nSPS) is 13.6. The number of anilines is 2. The quantitative estimate of drug-likeness (QED) is 0.336. The summed E-state index contributed by atoms with van der Waals surface area (Å²) in [6.07, 6.45) is 3.62. The maximum absolute atomic E-state index is 12.8. The van der Waals surface area contributed by atoms with Gasteiger partial charge in [0.05, 0.1) is 5.57 Å². The van der Waals surface area contributed by atoms with E-state index in [1.54, 1.807) is 30.3 Å². The molecule has 0 saturated carbocycles. The van der Waals surface area contributed by atoms with Crippen LogP contribution in [0.25, 0.3) is 16.7 Å². The Labute approximate surface area is 188 Å².